The lowest BCUT2D eigenvalue weighted by Gasteiger charge is -2.16. The third kappa shape index (κ3) is 5.93. The molecule has 0 fully saturated rings. The number of benzene rings is 1. The van der Waals surface area contributed by atoms with Gasteiger partial charge in [0.15, 0.2) is 0 Å². The summed E-state index contributed by atoms with van der Waals surface area (Å²) >= 11 is 1.72. The Morgan fingerprint density at radius 1 is 1.17 bits per heavy atom. The summed E-state index contributed by atoms with van der Waals surface area (Å²) < 4.78 is 12.3. The average molecular weight is 428 g/mol. The number of amides is 1. The number of rotatable bonds is 9. The van der Waals surface area contributed by atoms with Crippen LogP contribution in [0, 0.1) is 5.92 Å². The van der Waals surface area contributed by atoms with Crippen molar-refractivity contribution in [2.75, 3.05) is 25.0 Å². The first-order valence-corrected chi connectivity index (χ1v) is 11.1. The second kappa shape index (κ2) is 10.4. The Bertz CT molecular complexity index is 965. The third-order valence-corrected chi connectivity index (χ3v) is 5.70. The summed E-state index contributed by atoms with van der Waals surface area (Å²) in [6.45, 7) is 11.7. The Hall–Kier alpha value is -2.64. The molecule has 0 spiro atoms. The average Bonchev–Trinajstić information content (AvgIpc) is 3.15. The van der Waals surface area contributed by atoms with E-state index in [0.29, 0.717) is 24.0 Å². The van der Waals surface area contributed by atoms with E-state index < -0.39 is 6.09 Å². The first kappa shape index (κ1) is 22.1. The van der Waals surface area contributed by atoms with Gasteiger partial charge in [0.25, 0.3) is 0 Å². The minimum atomic E-state index is -0.451. The zero-order valence-corrected chi connectivity index (χ0v) is 18.8. The van der Waals surface area contributed by atoms with E-state index in [-0.39, 0.29) is 0 Å². The molecule has 2 aromatic heterocycles. The predicted molar refractivity (Wildman–Crippen MR) is 123 cm³/mol. The largest absolute Gasteiger partial charge is 0.456 e. The van der Waals surface area contributed by atoms with Crippen molar-refractivity contribution in [3.05, 3.63) is 47.5 Å². The lowest BCUT2D eigenvalue weighted by molar-refractivity contribution is 0.147. The highest BCUT2D eigenvalue weighted by Gasteiger charge is 2.12. The van der Waals surface area contributed by atoms with Gasteiger partial charge in [-0.3, -0.25) is 15.2 Å². The van der Waals surface area contributed by atoms with E-state index in [9.17, 15) is 4.79 Å². The lowest BCUT2D eigenvalue weighted by atomic mass is 10.2. The van der Waals surface area contributed by atoms with Gasteiger partial charge in [0.1, 0.15) is 11.5 Å². The summed E-state index contributed by atoms with van der Waals surface area (Å²) in [6.07, 6.45) is 1.32. The molecule has 6 nitrogen and oxygen atoms in total. The molecule has 3 rings (SSSR count). The molecule has 0 atom stereocenters. The number of hydrogen-bond donors (Lipinski definition) is 1. The van der Waals surface area contributed by atoms with Crippen molar-refractivity contribution in [1.82, 2.24) is 9.88 Å². The number of anilines is 1. The van der Waals surface area contributed by atoms with Gasteiger partial charge in [-0.25, -0.2) is 4.79 Å². The molecular weight excluding hydrogens is 398 g/mol. The van der Waals surface area contributed by atoms with Crippen molar-refractivity contribution < 1.29 is 14.3 Å². The number of fused-ring (bicyclic) bond motifs is 1. The Morgan fingerprint density at radius 3 is 2.57 bits per heavy atom. The van der Waals surface area contributed by atoms with Crippen LogP contribution in [0.4, 0.5) is 10.5 Å². The summed E-state index contributed by atoms with van der Waals surface area (Å²) in [6, 6.07) is 11.3. The molecule has 1 amide bonds. The Balaban J connectivity index is 1.68. The normalized spacial score (nSPS) is 11.3. The molecule has 0 radical (unpaired) electrons. The summed E-state index contributed by atoms with van der Waals surface area (Å²) in [5, 5.41) is 2.72. The lowest BCUT2D eigenvalue weighted by Crippen LogP contribution is -2.21. The zero-order valence-electron chi connectivity index (χ0n) is 18.0. The molecule has 0 unspecified atom stereocenters. The molecule has 0 saturated heterocycles. The number of pyridine rings is 1. The first-order valence-electron chi connectivity index (χ1n) is 10.3. The Kier molecular flexibility index (Phi) is 7.65. The number of carbonyl (C=O) groups excluding carboxylic acids is 1. The van der Waals surface area contributed by atoms with Crippen molar-refractivity contribution >= 4 is 33.3 Å². The summed E-state index contributed by atoms with van der Waals surface area (Å²) in [5.41, 5.74) is 1.61. The van der Waals surface area contributed by atoms with Gasteiger partial charge in [0, 0.05) is 29.4 Å². The zero-order chi connectivity index (χ0) is 21.5. The van der Waals surface area contributed by atoms with Gasteiger partial charge in [-0.2, -0.15) is 0 Å². The molecule has 7 heteroatoms. The van der Waals surface area contributed by atoms with Gasteiger partial charge < -0.3 is 9.47 Å². The highest BCUT2D eigenvalue weighted by Crippen LogP contribution is 2.35. The van der Waals surface area contributed by atoms with Crippen LogP contribution in [-0.2, 0) is 11.3 Å². The number of nitrogens with zero attached hydrogens (tertiary/aromatic N) is 2. The summed E-state index contributed by atoms with van der Waals surface area (Å²) in [7, 11) is 0. The fourth-order valence-electron chi connectivity index (χ4n) is 2.92. The highest BCUT2D eigenvalue weighted by molar-refractivity contribution is 7.19. The topological polar surface area (TPSA) is 63.7 Å². The van der Waals surface area contributed by atoms with Crippen molar-refractivity contribution in [2.45, 2.75) is 34.2 Å². The van der Waals surface area contributed by atoms with Crippen LogP contribution in [0.15, 0.2) is 42.6 Å². The van der Waals surface area contributed by atoms with Crippen LogP contribution < -0.4 is 10.1 Å². The molecule has 0 aliphatic rings. The number of thiophene rings is 1. The van der Waals surface area contributed by atoms with Gasteiger partial charge in [-0.15, -0.1) is 11.3 Å². The summed E-state index contributed by atoms with van der Waals surface area (Å²) in [4.78, 5) is 19.9. The molecule has 0 aliphatic heterocycles. The van der Waals surface area contributed by atoms with Gasteiger partial charge >= 0.3 is 6.09 Å². The van der Waals surface area contributed by atoms with Crippen molar-refractivity contribution in [3.63, 3.8) is 0 Å². The monoisotopic (exact) mass is 427 g/mol. The molecule has 2 heterocycles. The van der Waals surface area contributed by atoms with E-state index in [1.165, 1.54) is 4.88 Å². The van der Waals surface area contributed by atoms with Crippen LogP contribution in [0.1, 0.15) is 32.6 Å². The predicted octanol–water partition coefficient (Wildman–Crippen LogP) is 6.13. The number of ether oxygens (including phenoxy) is 2. The third-order valence-electron chi connectivity index (χ3n) is 4.58. The second-order valence-electron chi connectivity index (χ2n) is 7.44. The van der Waals surface area contributed by atoms with Gasteiger partial charge in [0.2, 0.25) is 0 Å². The molecule has 0 aliphatic carbocycles. The molecule has 0 bridgehead atoms. The first-order chi connectivity index (χ1) is 14.5. The second-order valence-corrected chi connectivity index (χ2v) is 8.58. The fourth-order valence-corrected chi connectivity index (χ4v) is 4.03. The van der Waals surface area contributed by atoms with Crippen molar-refractivity contribution in [2.24, 2.45) is 5.92 Å². The highest BCUT2D eigenvalue weighted by atomic mass is 32.1. The van der Waals surface area contributed by atoms with E-state index in [0.717, 1.165) is 35.6 Å². The number of nitrogens with one attached hydrogen (secondary N) is 1. The molecule has 160 valence electrons. The SMILES string of the molecule is CCN(CC)Cc1cc2nccc(Oc3ccc(NC(=O)OCC(C)C)cc3)c2s1. The quantitative estimate of drug-likeness (QED) is 0.445. The maximum atomic E-state index is 11.8. The van der Waals surface area contributed by atoms with Gasteiger partial charge in [0.05, 0.1) is 16.8 Å². The van der Waals surface area contributed by atoms with Crippen LogP contribution >= 0.6 is 11.3 Å². The van der Waals surface area contributed by atoms with E-state index >= 15 is 0 Å². The maximum absolute atomic E-state index is 11.8. The molecule has 30 heavy (non-hydrogen) atoms. The maximum Gasteiger partial charge on any atom is 0.411 e. The van der Waals surface area contributed by atoms with Gasteiger partial charge in [-0.05, 0) is 49.3 Å². The Morgan fingerprint density at radius 2 is 1.90 bits per heavy atom. The molecule has 3 aromatic rings. The van der Waals surface area contributed by atoms with Crippen molar-refractivity contribution in [1.29, 1.82) is 0 Å². The standard InChI is InChI=1S/C23H29N3O3S/c1-5-26(6-2)14-19-13-20-22(30-19)21(11-12-24-20)29-18-9-7-17(8-10-18)25-23(27)28-15-16(3)4/h7-13,16H,5-6,14-15H2,1-4H3,(H,25,27). The fraction of sp³-hybridized carbons (Fsp3) is 0.391. The van der Waals surface area contributed by atoms with E-state index in [1.54, 1.807) is 29.7 Å². The molecule has 1 aromatic carbocycles. The van der Waals surface area contributed by atoms with Crippen LogP contribution in [0.5, 0.6) is 11.5 Å². The Labute approximate surface area is 181 Å². The molecule has 0 saturated carbocycles. The van der Waals surface area contributed by atoms with Crippen LogP contribution in [-0.4, -0.2) is 35.7 Å². The minimum absolute atomic E-state index is 0.300. The van der Waals surface area contributed by atoms with Gasteiger partial charge in [-0.1, -0.05) is 27.7 Å². The van der Waals surface area contributed by atoms with Crippen LogP contribution in [0.2, 0.25) is 0 Å². The van der Waals surface area contributed by atoms with Crippen molar-refractivity contribution in [3.8, 4) is 11.5 Å². The number of carbonyl (C=O) groups is 1. The molecular formula is C23H29N3O3S. The molecule has 1 N–H and O–H groups in total. The van der Waals surface area contributed by atoms with Crippen LogP contribution in [0.25, 0.3) is 10.2 Å². The number of aromatic nitrogens is 1. The minimum Gasteiger partial charge on any atom is -0.456 e. The van der Waals surface area contributed by atoms with E-state index in [2.05, 4.69) is 35.1 Å². The number of hydrogen-bond acceptors (Lipinski definition) is 6. The smallest absolute Gasteiger partial charge is 0.411 e. The summed E-state index contributed by atoms with van der Waals surface area (Å²) in [5.74, 6) is 1.78. The van der Waals surface area contributed by atoms with E-state index in [4.69, 9.17) is 9.47 Å². The van der Waals surface area contributed by atoms with E-state index in [1.807, 2.05) is 32.0 Å². The van der Waals surface area contributed by atoms with Crippen LogP contribution in [0.3, 0.4) is 0 Å².